The van der Waals surface area contributed by atoms with Crippen LogP contribution in [0.1, 0.15) is 38.3 Å². The zero-order chi connectivity index (χ0) is 23.1. The van der Waals surface area contributed by atoms with Crippen LogP contribution in [0.4, 0.5) is 10.1 Å². The first kappa shape index (κ1) is 22.7. The second kappa shape index (κ2) is 8.45. The third-order valence-electron chi connectivity index (χ3n) is 6.20. The topological polar surface area (TPSA) is 52.5 Å². The van der Waals surface area contributed by atoms with E-state index in [9.17, 15) is 9.18 Å². The lowest BCUT2D eigenvalue weighted by atomic mass is 10.0. The van der Waals surface area contributed by atoms with E-state index in [2.05, 4.69) is 61.6 Å². The van der Waals surface area contributed by atoms with Gasteiger partial charge >= 0.3 is 0 Å². The molecule has 0 unspecified atom stereocenters. The second-order valence-electron chi connectivity index (χ2n) is 9.50. The molecule has 172 valence electrons. The molecule has 1 aromatic carbocycles. The van der Waals surface area contributed by atoms with E-state index in [0.717, 1.165) is 30.7 Å². The molecule has 0 saturated carbocycles. The number of fused-ring (bicyclic) bond motifs is 1. The van der Waals surface area contributed by atoms with Gasteiger partial charge < -0.3 is 18.8 Å². The summed E-state index contributed by atoms with van der Waals surface area (Å²) in [4.78, 5) is 12.4. The van der Waals surface area contributed by atoms with Gasteiger partial charge in [0.15, 0.2) is 0 Å². The van der Waals surface area contributed by atoms with Gasteiger partial charge in [0.05, 0.1) is 17.9 Å². The number of aromatic nitrogens is 1. The van der Waals surface area contributed by atoms with Crippen LogP contribution in [0.3, 0.4) is 0 Å². The van der Waals surface area contributed by atoms with E-state index in [-0.39, 0.29) is 16.5 Å². The molecule has 32 heavy (non-hydrogen) atoms. The van der Waals surface area contributed by atoms with Gasteiger partial charge in [-0.1, -0.05) is 20.8 Å². The number of aryl methyl sites for hydroxylation is 1. The molecule has 0 saturated heterocycles. The van der Waals surface area contributed by atoms with Crippen LogP contribution in [0.15, 0.2) is 48.5 Å². The van der Waals surface area contributed by atoms with Crippen molar-refractivity contribution in [3.8, 4) is 0 Å². The molecule has 5 nitrogen and oxygen atoms in total. The smallest absolute Gasteiger partial charge is 0.260 e. The Labute approximate surface area is 190 Å². The zero-order valence-electron chi connectivity index (χ0n) is 19.3. The second-order valence-corrected chi connectivity index (χ2v) is 13.4. The minimum absolute atomic E-state index is 0.166. The first-order valence-electron chi connectivity index (χ1n) is 10.8. The van der Waals surface area contributed by atoms with Gasteiger partial charge in [-0.25, -0.2) is 4.39 Å². The van der Waals surface area contributed by atoms with E-state index in [4.69, 9.17) is 8.92 Å². The SMILES string of the molecule is CC(C)(C)S(C)(C)OCCCn1ccc(C2=C/C(=C3\C(=O)Nc4cc(F)ccc43)OC2)c1. The fourth-order valence-corrected chi connectivity index (χ4v) is 4.45. The Bertz CT molecular complexity index is 1110. The summed E-state index contributed by atoms with van der Waals surface area (Å²) in [5, 5.41) is 2.71. The zero-order valence-corrected chi connectivity index (χ0v) is 20.1. The van der Waals surface area contributed by atoms with Gasteiger partial charge in [-0.3, -0.25) is 4.79 Å². The number of hydrogen-bond acceptors (Lipinski definition) is 3. The molecule has 1 aromatic heterocycles. The van der Waals surface area contributed by atoms with Crippen LogP contribution in [0, 0.1) is 5.82 Å². The van der Waals surface area contributed by atoms with Crippen molar-refractivity contribution in [1.29, 1.82) is 0 Å². The Balaban J connectivity index is 1.42. The Morgan fingerprint density at radius 1 is 1.25 bits per heavy atom. The molecule has 2 aromatic rings. The highest BCUT2D eigenvalue weighted by atomic mass is 32.3. The summed E-state index contributed by atoms with van der Waals surface area (Å²) >= 11 is 0. The van der Waals surface area contributed by atoms with E-state index in [1.54, 1.807) is 6.07 Å². The molecule has 2 aliphatic heterocycles. The van der Waals surface area contributed by atoms with Crippen molar-refractivity contribution in [2.75, 3.05) is 31.0 Å². The molecule has 0 fully saturated rings. The molecule has 4 rings (SSSR count). The molecular weight excluding hydrogens is 427 g/mol. The number of carbonyl (C=O) groups excluding carboxylic acids is 1. The summed E-state index contributed by atoms with van der Waals surface area (Å²) in [6, 6.07) is 6.36. The number of nitrogens with one attached hydrogen (secondary N) is 1. The van der Waals surface area contributed by atoms with Crippen molar-refractivity contribution >= 4 is 33.0 Å². The van der Waals surface area contributed by atoms with Crippen LogP contribution in [-0.2, 0) is 20.3 Å². The lowest BCUT2D eigenvalue weighted by Crippen LogP contribution is -2.25. The third-order valence-corrected chi connectivity index (χ3v) is 9.90. The molecule has 0 atom stereocenters. The predicted molar refractivity (Wildman–Crippen MR) is 130 cm³/mol. The summed E-state index contributed by atoms with van der Waals surface area (Å²) in [5.41, 5.74) is 3.69. The summed E-state index contributed by atoms with van der Waals surface area (Å²) in [6.07, 6.45) is 11.5. The van der Waals surface area contributed by atoms with E-state index < -0.39 is 10.3 Å². The van der Waals surface area contributed by atoms with Crippen molar-refractivity contribution < 1.29 is 18.1 Å². The maximum atomic E-state index is 13.5. The van der Waals surface area contributed by atoms with E-state index >= 15 is 0 Å². The van der Waals surface area contributed by atoms with Crippen LogP contribution >= 0.6 is 10.3 Å². The number of allylic oxidation sites excluding steroid dienone is 1. The number of benzene rings is 1. The largest absolute Gasteiger partial charge is 0.488 e. The minimum Gasteiger partial charge on any atom is -0.488 e. The Kier molecular flexibility index (Phi) is 5.98. The number of ether oxygens (including phenoxy) is 1. The van der Waals surface area contributed by atoms with Crippen molar-refractivity contribution in [3.63, 3.8) is 0 Å². The third kappa shape index (κ3) is 4.50. The summed E-state index contributed by atoms with van der Waals surface area (Å²) in [5.74, 6) is -0.124. The van der Waals surface area contributed by atoms with Crippen LogP contribution < -0.4 is 5.32 Å². The average molecular weight is 459 g/mol. The van der Waals surface area contributed by atoms with Gasteiger partial charge in [-0.2, -0.15) is 0 Å². The lowest BCUT2D eigenvalue weighted by Gasteiger charge is -2.43. The van der Waals surface area contributed by atoms with E-state index in [1.165, 1.54) is 12.1 Å². The van der Waals surface area contributed by atoms with Crippen LogP contribution in [0.2, 0.25) is 0 Å². The van der Waals surface area contributed by atoms with Crippen LogP contribution in [0.25, 0.3) is 11.1 Å². The molecule has 1 N–H and O–H groups in total. The number of carbonyl (C=O) groups is 1. The molecule has 1 amide bonds. The lowest BCUT2D eigenvalue weighted by molar-refractivity contribution is -0.110. The Morgan fingerprint density at radius 2 is 2.03 bits per heavy atom. The van der Waals surface area contributed by atoms with E-state index in [0.29, 0.717) is 29.2 Å². The fraction of sp³-hybridized carbons (Fsp3) is 0.400. The number of hydrogen-bond donors (Lipinski definition) is 1. The first-order valence-corrected chi connectivity index (χ1v) is 13.1. The number of anilines is 1. The van der Waals surface area contributed by atoms with Gasteiger partial charge in [-0.05, 0) is 54.8 Å². The minimum atomic E-state index is -1.10. The maximum absolute atomic E-state index is 13.5. The van der Waals surface area contributed by atoms with Gasteiger partial charge in [0.2, 0.25) is 0 Å². The standard InChI is InChI=1S/C25H31FN2O3S/c1-25(2,3)32(4,5)31-12-6-10-28-11-9-17(15-28)18-13-22(30-16-18)23-20-8-7-19(26)14-21(20)27-24(23)29/h7-9,11,13-15H,6,10,12,16H2,1-5H3,(H,27,29)/b23-22+. The molecule has 0 aliphatic carbocycles. The van der Waals surface area contributed by atoms with Crippen molar-refractivity contribution in [2.45, 2.75) is 38.5 Å². The predicted octanol–water partition coefficient (Wildman–Crippen LogP) is 5.59. The Morgan fingerprint density at radius 3 is 2.78 bits per heavy atom. The van der Waals surface area contributed by atoms with Gasteiger partial charge in [0, 0.05) is 34.8 Å². The summed E-state index contributed by atoms with van der Waals surface area (Å²) in [6.45, 7) is 8.71. The number of halogens is 1. The van der Waals surface area contributed by atoms with Crippen molar-refractivity contribution in [2.24, 2.45) is 0 Å². The average Bonchev–Trinajstić information content (AvgIpc) is 3.41. The highest BCUT2D eigenvalue weighted by Crippen LogP contribution is 2.53. The molecular formula is C25H31FN2O3S. The number of nitrogens with zero attached hydrogens (tertiary/aromatic N) is 1. The van der Waals surface area contributed by atoms with Crippen LogP contribution in [-0.4, -0.2) is 40.9 Å². The molecule has 0 radical (unpaired) electrons. The highest BCUT2D eigenvalue weighted by Gasteiger charge is 2.30. The van der Waals surface area contributed by atoms with Gasteiger partial charge in [0.25, 0.3) is 5.91 Å². The monoisotopic (exact) mass is 458 g/mol. The molecule has 2 aliphatic rings. The van der Waals surface area contributed by atoms with E-state index in [1.807, 2.05) is 6.08 Å². The quantitative estimate of drug-likeness (QED) is 0.454. The highest BCUT2D eigenvalue weighted by molar-refractivity contribution is 8.29. The summed E-state index contributed by atoms with van der Waals surface area (Å²) in [7, 11) is -1.10. The fourth-order valence-electron chi connectivity index (χ4n) is 3.56. The molecule has 3 heterocycles. The molecule has 0 spiro atoms. The molecule has 0 bridgehead atoms. The molecule has 7 heteroatoms. The maximum Gasteiger partial charge on any atom is 0.260 e. The van der Waals surface area contributed by atoms with Gasteiger partial charge in [-0.15, -0.1) is 10.3 Å². The summed E-state index contributed by atoms with van der Waals surface area (Å²) < 4.78 is 27.9. The van der Waals surface area contributed by atoms with Crippen LogP contribution in [0.5, 0.6) is 0 Å². The Hall–Kier alpha value is -2.51. The van der Waals surface area contributed by atoms with Crippen molar-refractivity contribution in [1.82, 2.24) is 4.57 Å². The number of amides is 1. The number of rotatable bonds is 6. The van der Waals surface area contributed by atoms with Gasteiger partial charge in [0.1, 0.15) is 18.2 Å². The van der Waals surface area contributed by atoms with Crippen molar-refractivity contribution in [3.05, 3.63) is 65.4 Å². The normalized spacial score (nSPS) is 18.9. The first-order chi connectivity index (χ1) is 15.0.